The minimum atomic E-state index is -3.93. The lowest BCUT2D eigenvalue weighted by Crippen LogP contribution is -2.50. The van der Waals surface area contributed by atoms with Crippen LogP contribution in [0.3, 0.4) is 0 Å². The molecule has 1 aromatic heterocycles. The predicted octanol–water partition coefficient (Wildman–Crippen LogP) is -0.353. The molecule has 1 fully saturated rings. The van der Waals surface area contributed by atoms with E-state index in [4.69, 9.17) is 9.15 Å². The van der Waals surface area contributed by atoms with Crippen LogP contribution in [0.15, 0.2) is 32.3 Å². The Balaban J connectivity index is 1.78. The van der Waals surface area contributed by atoms with E-state index in [1.807, 2.05) is 0 Å². The topological polar surface area (TPSA) is 122 Å². The number of sulfonamides is 1. The summed E-state index contributed by atoms with van der Waals surface area (Å²) in [5.74, 6) is -0.973. The van der Waals surface area contributed by atoms with Crippen LogP contribution in [-0.4, -0.2) is 56.6 Å². The second-order valence-electron chi connectivity index (χ2n) is 5.45. The van der Waals surface area contributed by atoms with Crippen LogP contribution in [0.2, 0.25) is 0 Å². The monoisotopic (exact) mass is 355 g/mol. The van der Waals surface area contributed by atoms with E-state index in [-0.39, 0.29) is 16.4 Å². The Kier molecular flexibility index (Phi) is 4.43. The van der Waals surface area contributed by atoms with Gasteiger partial charge in [0.1, 0.15) is 0 Å². The highest BCUT2D eigenvalue weighted by molar-refractivity contribution is 7.89. The lowest BCUT2D eigenvalue weighted by Gasteiger charge is -2.29. The average molecular weight is 355 g/mol. The van der Waals surface area contributed by atoms with Crippen molar-refractivity contribution < 1.29 is 22.4 Å². The van der Waals surface area contributed by atoms with Gasteiger partial charge in [-0.1, -0.05) is 0 Å². The van der Waals surface area contributed by atoms with Gasteiger partial charge in [0.15, 0.2) is 5.58 Å². The van der Waals surface area contributed by atoms with Gasteiger partial charge >= 0.3 is 5.76 Å². The zero-order valence-corrected chi connectivity index (χ0v) is 13.8. The van der Waals surface area contributed by atoms with Gasteiger partial charge in [0.25, 0.3) is 0 Å². The first-order chi connectivity index (χ1) is 11.4. The third-order valence-electron chi connectivity index (χ3n) is 3.73. The number of aromatic nitrogens is 1. The Hall–Kier alpha value is -2.17. The molecule has 1 atom stereocenters. The number of nitrogens with one attached hydrogen (secondary N) is 2. The van der Waals surface area contributed by atoms with Crippen molar-refractivity contribution in [1.82, 2.24) is 14.6 Å². The van der Waals surface area contributed by atoms with Gasteiger partial charge in [-0.25, -0.2) is 13.2 Å². The van der Waals surface area contributed by atoms with E-state index in [1.165, 1.54) is 25.1 Å². The summed E-state index contributed by atoms with van der Waals surface area (Å²) in [4.78, 5) is 27.4. The van der Waals surface area contributed by atoms with Crippen molar-refractivity contribution >= 4 is 27.0 Å². The van der Waals surface area contributed by atoms with Gasteiger partial charge in [-0.05, 0) is 19.1 Å². The zero-order valence-electron chi connectivity index (χ0n) is 12.9. The molecule has 0 unspecified atom stereocenters. The first-order valence-corrected chi connectivity index (χ1v) is 8.87. The van der Waals surface area contributed by atoms with Gasteiger partial charge in [-0.15, -0.1) is 0 Å². The number of amides is 1. The fraction of sp³-hybridized carbons (Fsp3) is 0.429. The molecule has 0 aliphatic carbocycles. The standard InChI is InChI=1S/C14H17N3O6S/c1-9(13(18)17-4-6-22-7-5-17)16-24(20,21)10-2-3-11-12(8-10)23-14(19)15-11/h2-3,8-9,16H,4-7H2,1H3,(H,15,19)/t9-/m0/s1. The third-order valence-corrected chi connectivity index (χ3v) is 5.27. The van der Waals surface area contributed by atoms with Crippen molar-refractivity contribution in [3.05, 3.63) is 28.7 Å². The Morgan fingerprint density at radius 3 is 2.75 bits per heavy atom. The molecule has 0 saturated carbocycles. The summed E-state index contributed by atoms with van der Waals surface area (Å²) in [5, 5.41) is 0. The summed E-state index contributed by atoms with van der Waals surface area (Å²) in [6.07, 6.45) is 0. The summed E-state index contributed by atoms with van der Waals surface area (Å²) in [5.41, 5.74) is 0.534. The van der Waals surface area contributed by atoms with Crippen LogP contribution < -0.4 is 10.5 Å². The van der Waals surface area contributed by atoms with Crippen LogP contribution in [0.5, 0.6) is 0 Å². The smallest absolute Gasteiger partial charge is 0.408 e. The fourth-order valence-corrected chi connectivity index (χ4v) is 3.71. The highest BCUT2D eigenvalue weighted by atomic mass is 32.2. The molecule has 0 bridgehead atoms. The van der Waals surface area contributed by atoms with Gasteiger partial charge in [-0.3, -0.25) is 9.78 Å². The maximum absolute atomic E-state index is 12.4. The highest BCUT2D eigenvalue weighted by Crippen LogP contribution is 2.17. The number of oxazole rings is 1. The maximum Gasteiger partial charge on any atom is 0.417 e. The van der Waals surface area contributed by atoms with Gasteiger partial charge < -0.3 is 14.1 Å². The molecule has 3 rings (SSSR count). The van der Waals surface area contributed by atoms with Crippen molar-refractivity contribution in [2.75, 3.05) is 26.3 Å². The molecule has 0 spiro atoms. The van der Waals surface area contributed by atoms with Crippen LogP contribution in [0.4, 0.5) is 0 Å². The normalized spacial score (nSPS) is 17.1. The summed E-state index contributed by atoms with van der Waals surface area (Å²) in [7, 11) is -3.93. The predicted molar refractivity (Wildman–Crippen MR) is 84.0 cm³/mol. The summed E-state index contributed by atoms with van der Waals surface area (Å²) < 4.78 is 37.3. The Labute approximate surface area is 137 Å². The molecule has 1 saturated heterocycles. The van der Waals surface area contributed by atoms with E-state index >= 15 is 0 Å². The van der Waals surface area contributed by atoms with Crippen molar-refractivity contribution in [1.29, 1.82) is 0 Å². The Morgan fingerprint density at radius 2 is 2.04 bits per heavy atom. The van der Waals surface area contributed by atoms with Crippen LogP contribution in [-0.2, 0) is 19.6 Å². The molecule has 2 N–H and O–H groups in total. The van der Waals surface area contributed by atoms with Crippen LogP contribution in [0, 0.1) is 0 Å². The van der Waals surface area contributed by atoms with Crippen molar-refractivity contribution in [2.24, 2.45) is 0 Å². The minimum Gasteiger partial charge on any atom is -0.408 e. The molecular weight excluding hydrogens is 338 g/mol. The molecular formula is C14H17N3O6S. The van der Waals surface area contributed by atoms with E-state index in [1.54, 1.807) is 4.90 Å². The van der Waals surface area contributed by atoms with Crippen LogP contribution in [0.1, 0.15) is 6.92 Å². The number of aromatic amines is 1. The average Bonchev–Trinajstić information content (AvgIpc) is 2.93. The highest BCUT2D eigenvalue weighted by Gasteiger charge is 2.27. The number of nitrogens with zero attached hydrogens (tertiary/aromatic N) is 1. The molecule has 0 radical (unpaired) electrons. The number of carbonyl (C=O) groups is 1. The second kappa shape index (κ2) is 6.38. The first-order valence-electron chi connectivity index (χ1n) is 7.38. The number of morpholine rings is 1. The molecule has 1 amide bonds. The summed E-state index contributed by atoms with van der Waals surface area (Å²) in [6, 6.07) is 3.09. The SMILES string of the molecule is C[C@H](NS(=O)(=O)c1ccc2[nH]c(=O)oc2c1)C(=O)N1CCOCC1. The largest absolute Gasteiger partial charge is 0.417 e. The van der Waals surface area contributed by atoms with E-state index in [0.717, 1.165) is 0 Å². The van der Waals surface area contributed by atoms with Crippen molar-refractivity contribution in [2.45, 2.75) is 17.9 Å². The molecule has 2 aromatic rings. The Bertz CT molecular complexity index is 910. The third kappa shape index (κ3) is 3.35. The number of hydrogen-bond acceptors (Lipinski definition) is 6. The molecule has 1 aliphatic rings. The number of hydrogen-bond donors (Lipinski definition) is 2. The number of carbonyl (C=O) groups excluding carboxylic acids is 1. The van der Waals surface area contributed by atoms with E-state index in [9.17, 15) is 18.0 Å². The van der Waals surface area contributed by atoms with Crippen molar-refractivity contribution in [3.63, 3.8) is 0 Å². The van der Waals surface area contributed by atoms with Gasteiger partial charge in [-0.2, -0.15) is 4.72 Å². The number of fused-ring (bicyclic) bond motifs is 1. The van der Waals surface area contributed by atoms with Gasteiger partial charge in [0.2, 0.25) is 15.9 Å². The molecule has 130 valence electrons. The fourth-order valence-electron chi connectivity index (χ4n) is 2.50. The zero-order chi connectivity index (χ0) is 17.3. The molecule has 2 heterocycles. The van der Waals surface area contributed by atoms with Crippen LogP contribution in [0.25, 0.3) is 11.1 Å². The first kappa shape index (κ1) is 16.7. The number of rotatable bonds is 4. The Morgan fingerprint density at radius 1 is 1.33 bits per heavy atom. The summed E-state index contributed by atoms with van der Waals surface area (Å²) >= 11 is 0. The maximum atomic E-state index is 12.4. The molecule has 10 heteroatoms. The van der Waals surface area contributed by atoms with Crippen LogP contribution >= 0.6 is 0 Å². The molecule has 9 nitrogen and oxygen atoms in total. The molecule has 1 aromatic carbocycles. The van der Waals surface area contributed by atoms with E-state index < -0.39 is 21.8 Å². The van der Waals surface area contributed by atoms with E-state index in [2.05, 4.69) is 9.71 Å². The van der Waals surface area contributed by atoms with Gasteiger partial charge in [0, 0.05) is 19.2 Å². The minimum absolute atomic E-state index is 0.0839. The molecule has 1 aliphatic heterocycles. The number of H-pyrrole nitrogens is 1. The lowest BCUT2D eigenvalue weighted by atomic mass is 10.3. The van der Waals surface area contributed by atoms with E-state index in [0.29, 0.717) is 31.8 Å². The summed E-state index contributed by atoms with van der Waals surface area (Å²) in [6.45, 7) is 3.24. The number of benzene rings is 1. The lowest BCUT2D eigenvalue weighted by molar-refractivity contribution is -0.136. The van der Waals surface area contributed by atoms with Crippen molar-refractivity contribution in [3.8, 4) is 0 Å². The van der Waals surface area contributed by atoms with Gasteiger partial charge in [0.05, 0.1) is 29.7 Å². The quantitative estimate of drug-likeness (QED) is 0.773. The molecule has 24 heavy (non-hydrogen) atoms. The number of ether oxygens (including phenoxy) is 1. The second-order valence-corrected chi connectivity index (χ2v) is 7.17.